The van der Waals surface area contributed by atoms with E-state index in [0.717, 1.165) is 31.6 Å². The first-order chi connectivity index (χ1) is 27.8. The predicted octanol–water partition coefficient (Wildman–Crippen LogP) is 13.2. The van der Waals surface area contributed by atoms with Crippen molar-refractivity contribution in [2.75, 3.05) is 4.90 Å². The van der Waals surface area contributed by atoms with Crippen molar-refractivity contribution in [1.82, 2.24) is 4.90 Å². The van der Waals surface area contributed by atoms with Gasteiger partial charge >= 0.3 is 0 Å². The molecule has 8 unspecified atom stereocenters. The second-order valence-electron chi connectivity index (χ2n) is 17.8. The molecule has 2 aromatic rings. The second kappa shape index (κ2) is 14.6. The Labute approximate surface area is 335 Å². The molecule has 0 bridgehead atoms. The summed E-state index contributed by atoms with van der Waals surface area (Å²) in [7, 11) is 0. The maximum absolute atomic E-state index is 3.04. The molecule has 2 heteroatoms. The van der Waals surface area contributed by atoms with Crippen LogP contribution in [-0.4, -0.2) is 23.0 Å². The lowest BCUT2D eigenvalue weighted by Crippen LogP contribution is -2.44. The normalized spacial score (nSPS) is 32.7. The standard InChI is InChI=1S/C54H56N2/c1-4-15-37(16-5-1)40-27-30-44(31-28-40)56-52-26-13-10-21-47(52)49-24-14-23-46(54(49)56)41-29-32-53-50(36-41)48-22-11-12-25-51(48)55(53)45-34-42(38-17-6-2-7-18-38)33-43(35-45)39-19-8-3-9-20-39/h1-4,6-12,14,17-19,21-22,24-25,27,33-37,39,44,46-48,51-52H,5,13,15-16,20,23,26,28-32H2. The van der Waals surface area contributed by atoms with Gasteiger partial charge in [-0.05, 0) is 123 Å². The topological polar surface area (TPSA) is 6.48 Å². The Balaban J connectivity index is 0.960. The third-order valence-electron chi connectivity index (χ3n) is 14.8. The largest absolute Gasteiger partial charge is 0.367 e. The van der Waals surface area contributed by atoms with Crippen LogP contribution < -0.4 is 4.90 Å². The lowest BCUT2D eigenvalue weighted by molar-refractivity contribution is 0.149. The summed E-state index contributed by atoms with van der Waals surface area (Å²) in [6, 6.07) is 20.0. The van der Waals surface area contributed by atoms with Crippen molar-refractivity contribution in [2.24, 2.45) is 23.7 Å². The summed E-state index contributed by atoms with van der Waals surface area (Å²) in [5.41, 5.74) is 15.3. The molecule has 0 saturated heterocycles. The van der Waals surface area contributed by atoms with Crippen LogP contribution in [0.25, 0.3) is 11.1 Å². The average Bonchev–Trinajstić information content (AvgIpc) is 3.80. The summed E-state index contributed by atoms with van der Waals surface area (Å²) < 4.78 is 0. The molecule has 0 saturated carbocycles. The summed E-state index contributed by atoms with van der Waals surface area (Å²) in [5.74, 6) is 2.59. The monoisotopic (exact) mass is 732 g/mol. The Morgan fingerprint density at radius 3 is 2.38 bits per heavy atom. The molecule has 9 aliphatic rings. The molecule has 0 fully saturated rings. The highest BCUT2D eigenvalue weighted by Crippen LogP contribution is 2.54. The van der Waals surface area contributed by atoms with Gasteiger partial charge in [-0.1, -0.05) is 145 Å². The SMILES string of the molecule is C1=CCC(c2cc(-c3ccccc3)cc(N3C4=C(C=C(C5CC=CC6=C5N(C5CC=C(C7CC=CCC7)CC5)C5CCC=CC65)CC4)C4C=CC=CC43)c2)C=C1. The van der Waals surface area contributed by atoms with Gasteiger partial charge in [-0.25, -0.2) is 0 Å². The van der Waals surface area contributed by atoms with E-state index in [2.05, 4.69) is 156 Å². The minimum atomic E-state index is 0.307. The van der Waals surface area contributed by atoms with Gasteiger partial charge in [0.1, 0.15) is 0 Å². The van der Waals surface area contributed by atoms with Crippen LogP contribution in [0, 0.1) is 23.7 Å². The Morgan fingerprint density at radius 1 is 0.607 bits per heavy atom. The molecule has 0 amide bonds. The summed E-state index contributed by atoms with van der Waals surface area (Å²) >= 11 is 0. The van der Waals surface area contributed by atoms with Crippen molar-refractivity contribution in [3.05, 3.63) is 185 Å². The molecular formula is C54H56N2. The summed E-state index contributed by atoms with van der Waals surface area (Å²) in [6.45, 7) is 0. The van der Waals surface area contributed by atoms with E-state index in [9.17, 15) is 0 Å². The molecule has 0 radical (unpaired) electrons. The van der Waals surface area contributed by atoms with E-state index < -0.39 is 0 Å². The summed E-state index contributed by atoms with van der Waals surface area (Å²) in [4.78, 5) is 5.78. The minimum Gasteiger partial charge on any atom is -0.367 e. The number of rotatable bonds is 6. The lowest BCUT2D eigenvalue weighted by atomic mass is 9.77. The highest BCUT2D eigenvalue weighted by molar-refractivity contribution is 5.74. The number of hydrogen-bond donors (Lipinski definition) is 0. The van der Waals surface area contributed by atoms with Gasteiger partial charge in [0.05, 0.1) is 6.04 Å². The zero-order chi connectivity index (χ0) is 37.0. The first-order valence-electron chi connectivity index (χ1n) is 22.1. The van der Waals surface area contributed by atoms with Gasteiger partial charge in [-0.2, -0.15) is 0 Å². The fraction of sp³-hybridized carbons (Fsp3) is 0.370. The Kier molecular flexibility index (Phi) is 8.98. The highest BCUT2D eigenvalue weighted by atomic mass is 15.2. The quantitative estimate of drug-likeness (QED) is 0.273. The van der Waals surface area contributed by atoms with Gasteiger partial charge in [0.25, 0.3) is 0 Å². The van der Waals surface area contributed by atoms with Gasteiger partial charge in [0, 0.05) is 52.8 Å². The van der Waals surface area contributed by atoms with Gasteiger partial charge < -0.3 is 9.80 Å². The van der Waals surface area contributed by atoms with Gasteiger partial charge in [0.2, 0.25) is 0 Å². The van der Waals surface area contributed by atoms with Gasteiger partial charge in [0.15, 0.2) is 0 Å². The molecule has 0 N–H and O–H groups in total. The van der Waals surface area contributed by atoms with Crippen LogP contribution in [0.1, 0.15) is 88.5 Å². The third kappa shape index (κ3) is 5.98. The van der Waals surface area contributed by atoms with Crippen molar-refractivity contribution in [1.29, 1.82) is 0 Å². The van der Waals surface area contributed by atoms with Crippen LogP contribution in [-0.2, 0) is 0 Å². The number of allylic oxidation sites excluding steroid dienone is 15. The van der Waals surface area contributed by atoms with Crippen molar-refractivity contribution in [2.45, 2.75) is 101 Å². The van der Waals surface area contributed by atoms with Crippen molar-refractivity contribution >= 4 is 5.69 Å². The zero-order valence-electron chi connectivity index (χ0n) is 32.9. The van der Waals surface area contributed by atoms with Crippen LogP contribution in [0.4, 0.5) is 5.69 Å². The molecule has 2 nitrogen and oxygen atoms in total. The van der Waals surface area contributed by atoms with E-state index in [1.54, 1.807) is 28.0 Å². The summed E-state index contributed by atoms with van der Waals surface area (Å²) in [6.07, 6.45) is 53.7. The number of nitrogens with zero attached hydrogens (tertiary/aromatic N) is 2. The molecule has 282 valence electrons. The first-order valence-corrected chi connectivity index (χ1v) is 22.1. The molecular weight excluding hydrogens is 677 g/mol. The molecule has 56 heavy (non-hydrogen) atoms. The zero-order valence-corrected chi connectivity index (χ0v) is 32.9. The van der Waals surface area contributed by atoms with Crippen molar-refractivity contribution in [3.63, 3.8) is 0 Å². The van der Waals surface area contributed by atoms with E-state index >= 15 is 0 Å². The molecule has 0 spiro atoms. The third-order valence-corrected chi connectivity index (χ3v) is 14.8. The number of hydrogen-bond acceptors (Lipinski definition) is 2. The molecule has 2 aliphatic heterocycles. The van der Waals surface area contributed by atoms with E-state index in [0.29, 0.717) is 41.8 Å². The van der Waals surface area contributed by atoms with Crippen molar-refractivity contribution < 1.29 is 0 Å². The smallest absolute Gasteiger partial charge is 0.0626 e. The lowest BCUT2D eigenvalue weighted by Gasteiger charge is -2.44. The number of anilines is 1. The van der Waals surface area contributed by atoms with Crippen molar-refractivity contribution in [3.8, 4) is 11.1 Å². The van der Waals surface area contributed by atoms with E-state index in [1.807, 2.05) is 0 Å². The highest BCUT2D eigenvalue weighted by Gasteiger charge is 2.47. The fourth-order valence-electron chi connectivity index (χ4n) is 12.2. The minimum absolute atomic E-state index is 0.307. The molecule has 7 aliphatic carbocycles. The molecule has 2 aromatic carbocycles. The fourth-order valence-corrected chi connectivity index (χ4v) is 12.2. The Bertz CT molecular complexity index is 2230. The van der Waals surface area contributed by atoms with Crippen LogP contribution in [0.15, 0.2) is 179 Å². The number of fused-ring (bicyclic) bond motifs is 4. The predicted molar refractivity (Wildman–Crippen MR) is 234 cm³/mol. The van der Waals surface area contributed by atoms with E-state index in [1.165, 1.54) is 79.4 Å². The maximum Gasteiger partial charge on any atom is 0.0626 e. The van der Waals surface area contributed by atoms with Crippen LogP contribution in [0.5, 0.6) is 0 Å². The van der Waals surface area contributed by atoms with Crippen LogP contribution in [0.3, 0.4) is 0 Å². The van der Waals surface area contributed by atoms with Gasteiger partial charge in [-0.15, -0.1) is 0 Å². The molecule has 11 rings (SSSR count). The van der Waals surface area contributed by atoms with Gasteiger partial charge in [-0.3, -0.25) is 0 Å². The molecule has 8 atom stereocenters. The second-order valence-corrected chi connectivity index (χ2v) is 17.8. The van der Waals surface area contributed by atoms with E-state index in [-0.39, 0.29) is 0 Å². The van der Waals surface area contributed by atoms with Crippen LogP contribution in [0.2, 0.25) is 0 Å². The molecule has 0 aromatic heterocycles. The average molecular weight is 733 g/mol. The Morgan fingerprint density at radius 2 is 1.52 bits per heavy atom. The first kappa shape index (κ1) is 34.4. The summed E-state index contributed by atoms with van der Waals surface area (Å²) in [5, 5.41) is 0. The number of benzene rings is 2. The van der Waals surface area contributed by atoms with E-state index in [4.69, 9.17) is 0 Å². The van der Waals surface area contributed by atoms with Crippen LogP contribution >= 0.6 is 0 Å². The maximum atomic E-state index is 3.04. The molecule has 2 heterocycles. The Hall–Kier alpha value is -4.82.